The number of carbonyl (C=O) groups excluding carboxylic acids is 1. The van der Waals surface area contributed by atoms with Crippen LogP contribution in [0, 0.1) is 6.92 Å². The number of carbonyl (C=O) groups is 1. The third-order valence-electron chi connectivity index (χ3n) is 3.30. The highest BCUT2D eigenvalue weighted by molar-refractivity contribution is 5.83. The predicted octanol–water partition coefficient (Wildman–Crippen LogP) is -0.699. The highest BCUT2D eigenvalue weighted by Crippen LogP contribution is 2.15. The number of anilines is 1. The first kappa shape index (κ1) is 11.9. The number of aromatic nitrogens is 3. The van der Waals surface area contributed by atoms with Gasteiger partial charge >= 0.3 is 0 Å². The van der Waals surface area contributed by atoms with E-state index in [1.165, 1.54) is 0 Å². The van der Waals surface area contributed by atoms with E-state index in [1.807, 2.05) is 30.2 Å². The zero-order chi connectivity index (χ0) is 13.4. The summed E-state index contributed by atoms with van der Waals surface area (Å²) in [6, 6.07) is 3.50. The lowest BCUT2D eigenvalue weighted by atomic mass is 10.2. The second-order valence-corrected chi connectivity index (χ2v) is 4.74. The van der Waals surface area contributed by atoms with E-state index in [2.05, 4.69) is 15.4 Å². The molecule has 0 radical (unpaired) electrons. The first-order chi connectivity index (χ1) is 9.15. The van der Waals surface area contributed by atoms with E-state index in [0.29, 0.717) is 19.0 Å². The van der Waals surface area contributed by atoms with Crippen molar-refractivity contribution in [2.45, 2.75) is 13.0 Å². The molecule has 3 N–H and O–H groups in total. The third-order valence-corrected chi connectivity index (χ3v) is 3.30. The molecule has 0 spiro atoms. The molecular formula is C12H16N6O. The third kappa shape index (κ3) is 2.12. The first-order valence-corrected chi connectivity index (χ1v) is 6.25. The van der Waals surface area contributed by atoms with Crippen molar-refractivity contribution < 1.29 is 4.79 Å². The van der Waals surface area contributed by atoms with Gasteiger partial charge in [-0.2, -0.15) is 4.98 Å². The highest BCUT2D eigenvalue weighted by Gasteiger charge is 2.29. The molecule has 1 atom stereocenters. The molecule has 100 valence electrons. The predicted molar refractivity (Wildman–Crippen MR) is 70.9 cm³/mol. The van der Waals surface area contributed by atoms with E-state index in [9.17, 15) is 4.79 Å². The minimum absolute atomic E-state index is 0.359. The molecule has 1 fully saturated rings. The number of primary amides is 1. The van der Waals surface area contributed by atoms with Gasteiger partial charge in [0.15, 0.2) is 5.65 Å². The molecule has 0 aromatic carbocycles. The molecule has 0 saturated carbocycles. The summed E-state index contributed by atoms with van der Waals surface area (Å²) in [5.41, 5.74) is 7.30. The zero-order valence-electron chi connectivity index (χ0n) is 10.7. The topological polar surface area (TPSA) is 88.5 Å². The lowest BCUT2D eigenvalue weighted by Crippen LogP contribution is -2.57. The molecule has 1 unspecified atom stereocenters. The summed E-state index contributed by atoms with van der Waals surface area (Å²) in [4.78, 5) is 17.8. The van der Waals surface area contributed by atoms with Crippen molar-refractivity contribution in [1.29, 1.82) is 0 Å². The number of fused-ring (bicyclic) bond motifs is 1. The Balaban J connectivity index is 1.99. The number of nitrogens with zero attached hydrogens (tertiary/aromatic N) is 4. The molecule has 19 heavy (non-hydrogen) atoms. The summed E-state index contributed by atoms with van der Waals surface area (Å²) in [7, 11) is 0. The molecule has 1 aliphatic heterocycles. The Morgan fingerprint density at radius 1 is 1.53 bits per heavy atom. The van der Waals surface area contributed by atoms with Crippen molar-refractivity contribution in [3.63, 3.8) is 0 Å². The number of pyridine rings is 1. The van der Waals surface area contributed by atoms with Gasteiger partial charge in [-0.3, -0.25) is 4.79 Å². The van der Waals surface area contributed by atoms with Crippen LogP contribution >= 0.6 is 0 Å². The molecule has 7 nitrogen and oxygen atoms in total. The number of rotatable bonds is 2. The summed E-state index contributed by atoms with van der Waals surface area (Å²) in [5.74, 6) is 0.193. The largest absolute Gasteiger partial charge is 0.368 e. The number of hydrogen-bond donors (Lipinski definition) is 2. The van der Waals surface area contributed by atoms with Crippen molar-refractivity contribution in [2.75, 3.05) is 24.5 Å². The lowest BCUT2D eigenvalue weighted by molar-refractivity contribution is -0.119. The van der Waals surface area contributed by atoms with E-state index in [-0.39, 0.29) is 5.91 Å². The molecule has 7 heteroatoms. The Hall–Kier alpha value is -2.15. The van der Waals surface area contributed by atoms with Crippen LogP contribution in [0.1, 0.15) is 5.56 Å². The molecule has 0 bridgehead atoms. The fourth-order valence-electron chi connectivity index (χ4n) is 2.29. The fraction of sp³-hybridized carbons (Fsp3) is 0.417. The summed E-state index contributed by atoms with van der Waals surface area (Å²) in [6.07, 6.45) is 1.91. The minimum atomic E-state index is -0.396. The average molecular weight is 260 g/mol. The van der Waals surface area contributed by atoms with Crippen molar-refractivity contribution in [3.05, 3.63) is 23.9 Å². The Bertz CT molecular complexity index is 622. The van der Waals surface area contributed by atoms with Gasteiger partial charge in [-0.25, -0.2) is 4.52 Å². The zero-order valence-corrected chi connectivity index (χ0v) is 10.7. The number of nitrogens with two attached hydrogens (primary N) is 1. The van der Waals surface area contributed by atoms with Gasteiger partial charge in [0.1, 0.15) is 6.04 Å². The van der Waals surface area contributed by atoms with Crippen molar-refractivity contribution >= 4 is 17.5 Å². The van der Waals surface area contributed by atoms with Crippen LogP contribution in [-0.2, 0) is 4.79 Å². The van der Waals surface area contributed by atoms with E-state index >= 15 is 0 Å². The smallest absolute Gasteiger partial charge is 0.246 e. The Morgan fingerprint density at radius 3 is 3.16 bits per heavy atom. The van der Waals surface area contributed by atoms with E-state index in [1.54, 1.807) is 4.52 Å². The standard InChI is InChI=1S/C12H16N6O/c1-8-2-3-10-15-12(16-18(10)7-8)17-5-4-14-6-9(17)11(13)19/h2-3,7,9,14H,4-6H2,1H3,(H2,13,19). The van der Waals surface area contributed by atoms with Crippen LogP contribution in [0.4, 0.5) is 5.95 Å². The Kier molecular flexibility index (Phi) is 2.83. The Labute approximate surface area is 110 Å². The maximum absolute atomic E-state index is 11.5. The summed E-state index contributed by atoms with van der Waals surface area (Å²) < 4.78 is 1.73. The van der Waals surface area contributed by atoms with Crippen LogP contribution in [0.5, 0.6) is 0 Å². The maximum atomic E-state index is 11.5. The molecular weight excluding hydrogens is 244 g/mol. The number of nitrogens with one attached hydrogen (secondary N) is 1. The van der Waals surface area contributed by atoms with Crippen molar-refractivity contribution in [2.24, 2.45) is 5.73 Å². The Morgan fingerprint density at radius 2 is 2.37 bits per heavy atom. The van der Waals surface area contributed by atoms with E-state index in [4.69, 9.17) is 5.73 Å². The van der Waals surface area contributed by atoms with Gasteiger partial charge < -0.3 is 16.0 Å². The quantitative estimate of drug-likeness (QED) is 0.745. The number of aryl methyl sites for hydroxylation is 1. The van der Waals surface area contributed by atoms with Gasteiger partial charge in [-0.05, 0) is 18.6 Å². The number of amides is 1. The molecule has 3 heterocycles. The van der Waals surface area contributed by atoms with E-state index < -0.39 is 6.04 Å². The normalized spacial score (nSPS) is 19.8. The van der Waals surface area contributed by atoms with Gasteiger partial charge in [0.05, 0.1) is 0 Å². The number of piperazine rings is 1. The van der Waals surface area contributed by atoms with Gasteiger partial charge in [0.25, 0.3) is 0 Å². The van der Waals surface area contributed by atoms with E-state index in [0.717, 1.165) is 17.8 Å². The highest BCUT2D eigenvalue weighted by atomic mass is 16.1. The molecule has 1 amide bonds. The van der Waals surface area contributed by atoms with Crippen molar-refractivity contribution in [3.8, 4) is 0 Å². The molecule has 3 rings (SSSR count). The molecule has 0 aliphatic carbocycles. The van der Waals surface area contributed by atoms with Gasteiger partial charge in [0.2, 0.25) is 11.9 Å². The number of hydrogen-bond acceptors (Lipinski definition) is 5. The summed E-state index contributed by atoms with van der Waals surface area (Å²) >= 11 is 0. The van der Waals surface area contributed by atoms with Gasteiger partial charge in [-0.1, -0.05) is 6.07 Å². The van der Waals surface area contributed by atoms with Crippen LogP contribution in [0.25, 0.3) is 5.65 Å². The summed E-state index contributed by atoms with van der Waals surface area (Å²) in [6.45, 7) is 3.99. The fourth-order valence-corrected chi connectivity index (χ4v) is 2.29. The maximum Gasteiger partial charge on any atom is 0.246 e. The van der Waals surface area contributed by atoms with Crippen LogP contribution in [0.2, 0.25) is 0 Å². The lowest BCUT2D eigenvalue weighted by Gasteiger charge is -2.33. The molecule has 2 aromatic heterocycles. The molecule has 1 aliphatic rings. The second-order valence-electron chi connectivity index (χ2n) is 4.74. The monoisotopic (exact) mass is 260 g/mol. The summed E-state index contributed by atoms with van der Waals surface area (Å²) in [5, 5.41) is 7.58. The molecule has 1 saturated heterocycles. The van der Waals surface area contributed by atoms with Crippen LogP contribution in [-0.4, -0.2) is 46.2 Å². The first-order valence-electron chi connectivity index (χ1n) is 6.25. The average Bonchev–Trinajstić information content (AvgIpc) is 2.81. The van der Waals surface area contributed by atoms with Gasteiger partial charge in [-0.15, -0.1) is 5.10 Å². The van der Waals surface area contributed by atoms with Gasteiger partial charge in [0, 0.05) is 25.8 Å². The van der Waals surface area contributed by atoms with Crippen LogP contribution in [0.3, 0.4) is 0 Å². The van der Waals surface area contributed by atoms with Crippen molar-refractivity contribution in [1.82, 2.24) is 19.9 Å². The van der Waals surface area contributed by atoms with Crippen LogP contribution in [0.15, 0.2) is 18.3 Å². The molecule has 2 aromatic rings. The SMILES string of the molecule is Cc1ccc2nc(N3CCNCC3C(N)=O)nn2c1. The van der Waals surface area contributed by atoms with Crippen LogP contribution < -0.4 is 16.0 Å². The second kappa shape index (κ2) is 4.51. The minimum Gasteiger partial charge on any atom is -0.368 e.